The maximum Gasteiger partial charge on any atom is 0.239 e. The van der Waals surface area contributed by atoms with Gasteiger partial charge in [0.1, 0.15) is 36.0 Å². The van der Waals surface area contributed by atoms with Crippen molar-refractivity contribution in [3.8, 4) is 17.2 Å². The van der Waals surface area contributed by atoms with Gasteiger partial charge < -0.3 is 25.1 Å². The van der Waals surface area contributed by atoms with Crippen molar-refractivity contribution < 1.29 is 24.1 Å². The quantitative estimate of drug-likeness (QED) is 0.587. The van der Waals surface area contributed by atoms with Crippen molar-refractivity contribution in [3.63, 3.8) is 0 Å². The number of aliphatic hydroxyl groups excluding tert-OH is 1. The highest BCUT2D eigenvalue weighted by Gasteiger charge is 2.29. The molecular formula is C23H31N3O5. The number of piperazine rings is 1. The highest BCUT2D eigenvalue weighted by molar-refractivity contribution is 5.81. The normalized spacial score (nSPS) is 17.0. The zero-order chi connectivity index (χ0) is 22.2. The summed E-state index contributed by atoms with van der Waals surface area (Å²) in [4.78, 5) is 16.4. The molecule has 1 aliphatic rings. The molecular weight excluding hydrogens is 398 g/mol. The molecule has 3 N–H and O–H groups in total. The van der Waals surface area contributed by atoms with E-state index in [0.29, 0.717) is 25.4 Å². The lowest BCUT2D eigenvalue weighted by atomic mass is 10.0. The average Bonchev–Trinajstić information content (AvgIpc) is 2.79. The summed E-state index contributed by atoms with van der Waals surface area (Å²) in [5, 5.41) is 10.4. The second-order valence-corrected chi connectivity index (χ2v) is 7.55. The van der Waals surface area contributed by atoms with Crippen LogP contribution in [0.5, 0.6) is 17.2 Å². The Bertz CT molecular complexity index is 820. The standard InChI is InChI=1S/C23H31N3O5/c1-29-19-5-3-17(4-6-19)22(23(24)28)26-13-11-25(12-14-26)15-18(27)16-31-21-9-7-20(30-2)8-10-21/h3-10,18,22,27H,11-16H2,1-2H3,(H2,24,28). The maximum absolute atomic E-state index is 12.1. The number of nitrogens with zero attached hydrogens (tertiary/aromatic N) is 2. The van der Waals surface area contributed by atoms with Crippen molar-refractivity contribution >= 4 is 5.91 Å². The average molecular weight is 430 g/mol. The van der Waals surface area contributed by atoms with Crippen LogP contribution in [0, 0.1) is 0 Å². The van der Waals surface area contributed by atoms with Gasteiger partial charge in [0, 0.05) is 32.7 Å². The number of carbonyl (C=O) groups is 1. The zero-order valence-electron chi connectivity index (χ0n) is 18.1. The maximum atomic E-state index is 12.1. The largest absolute Gasteiger partial charge is 0.497 e. The fourth-order valence-electron chi connectivity index (χ4n) is 3.76. The van der Waals surface area contributed by atoms with E-state index in [1.54, 1.807) is 14.2 Å². The highest BCUT2D eigenvalue weighted by atomic mass is 16.5. The van der Waals surface area contributed by atoms with Crippen LogP contribution in [0.2, 0.25) is 0 Å². The molecule has 168 valence electrons. The van der Waals surface area contributed by atoms with E-state index < -0.39 is 12.1 Å². The van der Waals surface area contributed by atoms with Crippen LogP contribution >= 0.6 is 0 Å². The van der Waals surface area contributed by atoms with Gasteiger partial charge in [-0.25, -0.2) is 0 Å². The van der Waals surface area contributed by atoms with Gasteiger partial charge in [-0.1, -0.05) is 12.1 Å². The van der Waals surface area contributed by atoms with Crippen molar-refractivity contribution in [2.75, 3.05) is 53.6 Å². The number of hydrogen-bond donors (Lipinski definition) is 2. The van der Waals surface area contributed by atoms with Crippen molar-refractivity contribution in [1.29, 1.82) is 0 Å². The van der Waals surface area contributed by atoms with Gasteiger partial charge in [-0.3, -0.25) is 14.6 Å². The zero-order valence-corrected chi connectivity index (χ0v) is 18.1. The highest BCUT2D eigenvalue weighted by Crippen LogP contribution is 2.24. The molecule has 2 unspecified atom stereocenters. The van der Waals surface area contributed by atoms with Gasteiger partial charge in [-0.2, -0.15) is 0 Å². The first-order chi connectivity index (χ1) is 15.0. The molecule has 0 aromatic heterocycles. The predicted octanol–water partition coefficient (Wildman–Crippen LogP) is 1.29. The van der Waals surface area contributed by atoms with Crippen molar-refractivity contribution in [1.82, 2.24) is 9.80 Å². The number of hydrogen-bond acceptors (Lipinski definition) is 7. The van der Waals surface area contributed by atoms with Crippen molar-refractivity contribution in [2.24, 2.45) is 5.73 Å². The first kappa shape index (κ1) is 22.9. The Morgan fingerprint density at radius 1 is 0.935 bits per heavy atom. The molecule has 0 radical (unpaired) electrons. The summed E-state index contributed by atoms with van der Waals surface area (Å²) in [5.41, 5.74) is 6.56. The number of rotatable bonds is 10. The van der Waals surface area contributed by atoms with Gasteiger partial charge in [-0.15, -0.1) is 0 Å². The van der Waals surface area contributed by atoms with E-state index in [0.717, 1.165) is 30.2 Å². The van der Waals surface area contributed by atoms with Crippen molar-refractivity contribution in [3.05, 3.63) is 54.1 Å². The number of methoxy groups -OCH3 is 2. The van der Waals surface area contributed by atoms with Crippen LogP contribution in [0.25, 0.3) is 0 Å². The van der Waals surface area contributed by atoms with E-state index in [4.69, 9.17) is 19.9 Å². The van der Waals surface area contributed by atoms with Crippen LogP contribution in [-0.2, 0) is 4.79 Å². The number of amides is 1. The number of benzene rings is 2. The summed E-state index contributed by atoms with van der Waals surface area (Å²) in [6.07, 6.45) is -0.609. The first-order valence-electron chi connectivity index (χ1n) is 10.3. The molecule has 0 aliphatic carbocycles. The number of carbonyl (C=O) groups excluding carboxylic acids is 1. The Labute approximate surface area is 183 Å². The third-order valence-electron chi connectivity index (χ3n) is 5.44. The molecule has 1 amide bonds. The number of ether oxygens (including phenoxy) is 3. The topological polar surface area (TPSA) is 97.5 Å². The minimum atomic E-state index is -0.609. The molecule has 1 saturated heterocycles. The summed E-state index contributed by atoms with van der Waals surface area (Å²) in [6, 6.07) is 14.2. The second-order valence-electron chi connectivity index (χ2n) is 7.55. The molecule has 1 aliphatic heterocycles. The lowest BCUT2D eigenvalue weighted by Crippen LogP contribution is -2.52. The number of aliphatic hydroxyl groups is 1. The predicted molar refractivity (Wildman–Crippen MR) is 117 cm³/mol. The summed E-state index contributed by atoms with van der Waals surface area (Å²) >= 11 is 0. The monoisotopic (exact) mass is 429 g/mol. The van der Waals surface area contributed by atoms with Gasteiger partial charge >= 0.3 is 0 Å². The van der Waals surface area contributed by atoms with Crippen LogP contribution < -0.4 is 19.9 Å². The van der Waals surface area contributed by atoms with E-state index in [9.17, 15) is 9.90 Å². The molecule has 2 aromatic carbocycles. The SMILES string of the molecule is COc1ccc(OCC(O)CN2CCN(C(C(N)=O)c3ccc(OC)cc3)CC2)cc1. The summed E-state index contributed by atoms with van der Waals surface area (Å²) < 4.78 is 16.0. The summed E-state index contributed by atoms with van der Waals surface area (Å²) in [6.45, 7) is 3.56. The third-order valence-corrected chi connectivity index (χ3v) is 5.44. The Morgan fingerprint density at radius 3 is 1.97 bits per heavy atom. The van der Waals surface area contributed by atoms with Crippen LogP contribution in [0.15, 0.2) is 48.5 Å². The third kappa shape index (κ3) is 6.33. The van der Waals surface area contributed by atoms with Gasteiger partial charge in [0.05, 0.1) is 14.2 Å². The molecule has 8 nitrogen and oxygen atoms in total. The number of β-amino-alcohol motifs (C(OH)–C–C–N with tert-alkyl or cyclic N) is 1. The molecule has 0 spiro atoms. The lowest BCUT2D eigenvalue weighted by molar-refractivity contribution is -0.124. The van der Waals surface area contributed by atoms with Crippen LogP contribution in [0.3, 0.4) is 0 Å². The molecule has 31 heavy (non-hydrogen) atoms. The Balaban J connectivity index is 1.47. The fraction of sp³-hybridized carbons (Fsp3) is 0.435. The number of nitrogens with two attached hydrogens (primary N) is 1. The van der Waals surface area contributed by atoms with Crippen molar-refractivity contribution in [2.45, 2.75) is 12.1 Å². The fourth-order valence-corrected chi connectivity index (χ4v) is 3.76. The van der Waals surface area contributed by atoms with E-state index >= 15 is 0 Å². The second kappa shape index (κ2) is 11.0. The van der Waals surface area contributed by atoms with E-state index in [1.807, 2.05) is 48.5 Å². The first-order valence-corrected chi connectivity index (χ1v) is 10.3. The Morgan fingerprint density at radius 2 is 1.45 bits per heavy atom. The smallest absolute Gasteiger partial charge is 0.239 e. The van der Waals surface area contributed by atoms with E-state index in [1.165, 1.54) is 0 Å². The minimum absolute atomic E-state index is 0.211. The van der Waals surface area contributed by atoms with Crippen LogP contribution in [0.4, 0.5) is 0 Å². The lowest BCUT2D eigenvalue weighted by Gasteiger charge is -2.38. The van der Waals surface area contributed by atoms with Gasteiger partial charge in [0.2, 0.25) is 5.91 Å². The number of primary amides is 1. The molecule has 8 heteroatoms. The molecule has 0 bridgehead atoms. The molecule has 1 heterocycles. The Kier molecular flexibility index (Phi) is 8.11. The molecule has 2 atom stereocenters. The molecule has 2 aromatic rings. The summed E-state index contributed by atoms with van der Waals surface area (Å²) in [7, 11) is 3.22. The Hall–Kier alpha value is -2.81. The van der Waals surface area contributed by atoms with Gasteiger partial charge in [0.25, 0.3) is 0 Å². The molecule has 3 rings (SSSR count). The van der Waals surface area contributed by atoms with Crippen LogP contribution in [0.1, 0.15) is 11.6 Å². The van der Waals surface area contributed by atoms with Gasteiger partial charge in [-0.05, 0) is 42.0 Å². The van der Waals surface area contributed by atoms with E-state index in [-0.39, 0.29) is 12.5 Å². The van der Waals surface area contributed by atoms with Crippen LogP contribution in [-0.4, -0.2) is 80.5 Å². The molecule has 1 fully saturated rings. The molecule has 0 saturated carbocycles. The van der Waals surface area contributed by atoms with Gasteiger partial charge in [0.15, 0.2) is 0 Å². The summed E-state index contributed by atoms with van der Waals surface area (Å²) in [5.74, 6) is 1.82. The minimum Gasteiger partial charge on any atom is -0.497 e. The van der Waals surface area contributed by atoms with E-state index in [2.05, 4.69) is 9.80 Å².